The van der Waals surface area contributed by atoms with Gasteiger partial charge in [0.2, 0.25) is 0 Å². The van der Waals surface area contributed by atoms with Gasteiger partial charge in [-0.05, 0) is 35.4 Å². The lowest BCUT2D eigenvalue weighted by atomic mass is 10.1. The molecule has 0 aliphatic carbocycles. The van der Waals surface area contributed by atoms with Gasteiger partial charge in [-0.3, -0.25) is 0 Å². The van der Waals surface area contributed by atoms with Crippen LogP contribution in [0.25, 0.3) is 5.82 Å². The van der Waals surface area contributed by atoms with Crippen molar-refractivity contribution in [1.29, 1.82) is 0 Å². The van der Waals surface area contributed by atoms with Gasteiger partial charge in [0.1, 0.15) is 6.10 Å². The standard InChI is InChI=1S/C20H20BrN5O2/c21-17-4-1-3-16(11-17)18-14-25(9-10-28-18)20(27)23-13-15-5-6-19(22-12-15)26-8-2-7-24-26/h1-8,11-12,18H,9-10,13-14H2,(H,23,27). The van der Waals surface area contributed by atoms with E-state index in [0.29, 0.717) is 26.2 Å². The molecular formula is C20H20BrN5O2. The summed E-state index contributed by atoms with van der Waals surface area (Å²) in [6.45, 7) is 2.04. The smallest absolute Gasteiger partial charge is 0.317 e. The molecule has 3 aromatic rings. The van der Waals surface area contributed by atoms with Crippen molar-refractivity contribution in [2.45, 2.75) is 12.6 Å². The second-order valence-electron chi connectivity index (χ2n) is 6.49. The third-order valence-corrected chi connectivity index (χ3v) is 5.06. The SMILES string of the molecule is O=C(NCc1ccc(-n2cccn2)nc1)N1CCOC(c2cccc(Br)c2)C1. The van der Waals surface area contributed by atoms with Crippen LogP contribution >= 0.6 is 15.9 Å². The number of aromatic nitrogens is 3. The van der Waals surface area contributed by atoms with Gasteiger partial charge in [0.25, 0.3) is 0 Å². The van der Waals surface area contributed by atoms with Crippen LogP contribution in [0, 0.1) is 0 Å². The molecule has 1 N–H and O–H groups in total. The van der Waals surface area contributed by atoms with Gasteiger partial charge in [-0.25, -0.2) is 14.5 Å². The molecule has 3 heterocycles. The van der Waals surface area contributed by atoms with E-state index < -0.39 is 0 Å². The second-order valence-corrected chi connectivity index (χ2v) is 7.41. The maximum atomic E-state index is 12.6. The number of carbonyl (C=O) groups excluding carboxylic acids is 1. The van der Waals surface area contributed by atoms with Crippen LogP contribution in [-0.2, 0) is 11.3 Å². The molecule has 1 fully saturated rings. The fourth-order valence-electron chi connectivity index (χ4n) is 3.09. The van der Waals surface area contributed by atoms with Gasteiger partial charge in [0.15, 0.2) is 5.82 Å². The number of hydrogen-bond acceptors (Lipinski definition) is 4. The van der Waals surface area contributed by atoms with Crippen LogP contribution in [0.15, 0.2) is 65.5 Å². The topological polar surface area (TPSA) is 72.3 Å². The van der Waals surface area contributed by atoms with Gasteiger partial charge >= 0.3 is 6.03 Å². The first-order chi connectivity index (χ1) is 13.7. The highest BCUT2D eigenvalue weighted by Crippen LogP contribution is 2.24. The highest BCUT2D eigenvalue weighted by molar-refractivity contribution is 9.10. The van der Waals surface area contributed by atoms with E-state index in [2.05, 4.69) is 31.3 Å². The highest BCUT2D eigenvalue weighted by atomic mass is 79.9. The Bertz CT molecular complexity index is 930. The molecule has 1 aromatic carbocycles. The molecule has 7 nitrogen and oxygen atoms in total. The van der Waals surface area contributed by atoms with Crippen molar-refractivity contribution in [1.82, 2.24) is 25.0 Å². The Labute approximate surface area is 171 Å². The molecule has 2 amide bonds. The summed E-state index contributed by atoms with van der Waals surface area (Å²) in [5.74, 6) is 0.741. The van der Waals surface area contributed by atoms with Crippen molar-refractivity contribution in [3.8, 4) is 5.82 Å². The van der Waals surface area contributed by atoms with Gasteiger partial charge in [0, 0.05) is 36.2 Å². The third-order valence-electron chi connectivity index (χ3n) is 4.57. The Morgan fingerprint density at radius 1 is 1.29 bits per heavy atom. The average molecular weight is 442 g/mol. The first-order valence-corrected chi connectivity index (χ1v) is 9.83. The number of nitrogens with one attached hydrogen (secondary N) is 1. The number of morpholine rings is 1. The molecule has 1 atom stereocenters. The molecule has 0 bridgehead atoms. The number of benzene rings is 1. The zero-order valence-corrected chi connectivity index (χ0v) is 16.7. The van der Waals surface area contributed by atoms with Crippen LogP contribution in [0.3, 0.4) is 0 Å². The van der Waals surface area contributed by atoms with Gasteiger partial charge in [0.05, 0.1) is 13.2 Å². The molecule has 28 heavy (non-hydrogen) atoms. The van der Waals surface area contributed by atoms with Gasteiger partial charge in [-0.1, -0.05) is 34.1 Å². The Balaban J connectivity index is 1.33. The molecule has 2 aromatic heterocycles. The minimum Gasteiger partial charge on any atom is -0.370 e. The molecular weight excluding hydrogens is 422 g/mol. The zero-order valence-electron chi connectivity index (χ0n) is 15.2. The van der Waals surface area contributed by atoms with Crippen LogP contribution in [0.5, 0.6) is 0 Å². The number of urea groups is 1. The molecule has 1 unspecified atom stereocenters. The predicted molar refractivity (Wildman–Crippen MR) is 108 cm³/mol. The number of pyridine rings is 1. The summed E-state index contributed by atoms with van der Waals surface area (Å²) >= 11 is 3.48. The van der Waals surface area contributed by atoms with Crippen molar-refractivity contribution in [2.24, 2.45) is 0 Å². The molecule has 144 valence electrons. The maximum Gasteiger partial charge on any atom is 0.317 e. The first-order valence-electron chi connectivity index (χ1n) is 9.04. The van der Waals surface area contributed by atoms with Crippen LogP contribution in [0.4, 0.5) is 4.79 Å². The molecule has 0 radical (unpaired) electrons. The number of amides is 2. The molecule has 0 spiro atoms. The lowest BCUT2D eigenvalue weighted by Gasteiger charge is -2.33. The van der Waals surface area contributed by atoms with Crippen molar-refractivity contribution in [2.75, 3.05) is 19.7 Å². The zero-order chi connectivity index (χ0) is 19.3. The van der Waals surface area contributed by atoms with E-state index in [1.165, 1.54) is 0 Å². The summed E-state index contributed by atoms with van der Waals surface area (Å²) in [6, 6.07) is 13.6. The Morgan fingerprint density at radius 3 is 2.96 bits per heavy atom. The summed E-state index contributed by atoms with van der Waals surface area (Å²) < 4.78 is 8.54. The Hall–Kier alpha value is -2.71. The van der Waals surface area contributed by atoms with E-state index in [-0.39, 0.29) is 12.1 Å². The van der Waals surface area contributed by atoms with Gasteiger partial charge in [-0.15, -0.1) is 0 Å². The van der Waals surface area contributed by atoms with E-state index in [1.807, 2.05) is 48.7 Å². The summed E-state index contributed by atoms with van der Waals surface area (Å²) in [6.07, 6.45) is 5.18. The second kappa shape index (κ2) is 8.53. The Kier molecular flexibility index (Phi) is 5.68. The van der Waals surface area contributed by atoms with Crippen molar-refractivity contribution >= 4 is 22.0 Å². The number of halogens is 1. The maximum absolute atomic E-state index is 12.6. The predicted octanol–water partition coefficient (Wildman–Crippen LogP) is 3.31. The number of carbonyl (C=O) groups is 1. The number of hydrogen-bond donors (Lipinski definition) is 1. The van der Waals surface area contributed by atoms with Crippen LogP contribution in [-0.4, -0.2) is 45.4 Å². The number of nitrogens with zero attached hydrogens (tertiary/aromatic N) is 4. The van der Waals surface area contributed by atoms with Crippen molar-refractivity contribution in [3.63, 3.8) is 0 Å². The monoisotopic (exact) mass is 441 g/mol. The minimum absolute atomic E-state index is 0.0977. The lowest BCUT2D eigenvalue weighted by molar-refractivity contribution is -0.0155. The molecule has 8 heteroatoms. The summed E-state index contributed by atoms with van der Waals surface area (Å²) in [7, 11) is 0. The van der Waals surface area contributed by atoms with Crippen molar-refractivity contribution in [3.05, 3.63) is 76.7 Å². The normalized spacial score (nSPS) is 16.8. The van der Waals surface area contributed by atoms with E-state index in [0.717, 1.165) is 21.4 Å². The highest BCUT2D eigenvalue weighted by Gasteiger charge is 2.25. The average Bonchev–Trinajstić information content (AvgIpc) is 3.27. The summed E-state index contributed by atoms with van der Waals surface area (Å²) in [4.78, 5) is 18.8. The largest absolute Gasteiger partial charge is 0.370 e. The minimum atomic E-state index is -0.118. The summed E-state index contributed by atoms with van der Waals surface area (Å²) in [5, 5.41) is 7.12. The lowest BCUT2D eigenvalue weighted by Crippen LogP contribution is -2.46. The summed E-state index contributed by atoms with van der Waals surface area (Å²) in [5.41, 5.74) is 1.99. The fraction of sp³-hybridized carbons (Fsp3) is 0.250. The third kappa shape index (κ3) is 4.40. The van der Waals surface area contributed by atoms with Crippen LogP contribution in [0.2, 0.25) is 0 Å². The van der Waals surface area contributed by atoms with E-state index in [4.69, 9.17) is 4.74 Å². The van der Waals surface area contributed by atoms with Crippen molar-refractivity contribution < 1.29 is 9.53 Å². The van der Waals surface area contributed by atoms with E-state index in [1.54, 1.807) is 22.0 Å². The quantitative estimate of drug-likeness (QED) is 0.673. The van der Waals surface area contributed by atoms with E-state index >= 15 is 0 Å². The van der Waals surface area contributed by atoms with Gasteiger partial charge in [-0.2, -0.15) is 5.10 Å². The molecule has 1 aliphatic rings. The Morgan fingerprint density at radius 2 is 2.21 bits per heavy atom. The molecule has 1 aliphatic heterocycles. The first kappa shape index (κ1) is 18.6. The number of rotatable bonds is 4. The number of ether oxygens (including phenoxy) is 1. The van der Waals surface area contributed by atoms with Crippen LogP contribution < -0.4 is 5.32 Å². The van der Waals surface area contributed by atoms with E-state index in [9.17, 15) is 4.79 Å². The molecule has 0 saturated carbocycles. The molecule has 4 rings (SSSR count). The van der Waals surface area contributed by atoms with Crippen LogP contribution in [0.1, 0.15) is 17.2 Å². The fourth-order valence-corrected chi connectivity index (χ4v) is 3.51. The van der Waals surface area contributed by atoms with Gasteiger partial charge < -0.3 is 15.0 Å². The molecule has 1 saturated heterocycles.